The van der Waals surface area contributed by atoms with E-state index in [0.717, 1.165) is 19.1 Å². The molecular weight excluding hydrogens is 246 g/mol. The molecule has 0 aromatic carbocycles. The average Bonchev–Trinajstić information content (AvgIpc) is 2.95. The smallest absolute Gasteiger partial charge is 0.0690 e. The standard InChI is InChI=1S/C14H25NO2S/c1-10(18(2)16)9-15-12-11-5-8-17-13(11)14(12)6-3-4-7-14/h10-13,15H,3-9H2,1-2H3/t10-,11+,12-,13+,18+/m1/s1. The third-order valence-corrected chi connectivity index (χ3v) is 6.78. The molecule has 3 rings (SSSR count). The normalized spacial score (nSPS) is 40.4. The molecule has 0 aromatic rings. The maximum atomic E-state index is 11.4. The van der Waals surface area contributed by atoms with Crippen molar-refractivity contribution < 1.29 is 8.95 Å². The quantitative estimate of drug-likeness (QED) is 0.845. The van der Waals surface area contributed by atoms with Crippen molar-refractivity contribution in [2.24, 2.45) is 11.3 Å². The Hall–Kier alpha value is 0.0700. The van der Waals surface area contributed by atoms with Crippen LogP contribution in [0, 0.1) is 11.3 Å². The second kappa shape index (κ2) is 4.88. The zero-order valence-corrected chi connectivity index (χ0v) is 12.3. The monoisotopic (exact) mass is 271 g/mol. The Morgan fingerprint density at radius 3 is 2.83 bits per heavy atom. The number of hydrogen-bond donors (Lipinski definition) is 1. The molecule has 5 atom stereocenters. The maximum Gasteiger partial charge on any atom is 0.0690 e. The first-order chi connectivity index (χ1) is 8.65. The molecule has 1 saturated heterocycles. The van der Waals surface area contributed by atoms with Gasteiger partial charge in [-0.15, -0.1) is 0 Å². The summed E-state index contributed by atoms with van der Waals surface area (Å²) in [6, 6.07) is 0.624. The molecule has 1 aliphatic heterocycles. The first-order valence-electron chi connectivity index (χ1n) is 7.32. The zero-order valence-electron chi connectivity index (χ0n) is 11.5. The summed E-state index contributed by atoms with van der Waals surface area (Å²) in [5.74, 6) is 0.723. The van der Waals surface area contributed by atoms with Gasteiger partial charge in [-0.2, -0.15) is 0 Å². The van der Waals surface area contributed by atoms with E-state index in [9.17, 15) is 4.21 Å². The van der Waals surface area contributed by atoms with Crippen LogP contribution in [0.3, 0.4) is 0 Å². The van der Waals surface area contributed by atoms with Crippen molar-refractivity contribution >= 4 is 10.8 Å². The maximum absolute atomic E-state index is 11.4. The summed E-state index contributed by atoms with van der Waals surface area (Å²) >= 11 is 0. The molecule has 1 N–H and O–H groups in total. The van der Waals surface area contributed by atoms with Gasteiger partial charge in [0.05, 0.1) is 6.10 Å². The first kappa shape index (κ1) is 13.1. The molecule has 0 unspecified atom stereocenters. The van der Waals surface area contributed by atoms with Crippen molar-refractivity contribution in [1.82, 2.24) is 5.32 Å². The van der Waals surface area contributed by atoms with Crippen LogP contribution in [0.5, 0.6) is 0 Å². The van der Waals surface area contributed by atoms with Gasteiger partial charge in [-0.25, -0.2) is 0 Å². The minimum Gasteiger partial charge on any atom is -0.377 e. The molecule has 3 fully saturated rings. The summed E-state index contributed by atoms with van der Waals surface area (Å²) in [5.41, 5.74) is 0.427. The van der Waals surface area contributed by atoms with Crippen LogP contribution in [0.2, 0.25) is 0 Å². The molecule has 1 spiro atoms. The minimum atomic E-state index is -0.718. The van der Waals surface area contributed by atoms with Gasteiger partial charge < -0.3 is 10.1 Å². The molecule has 18 heavy (non-hydrogen) atoms. The molecule has 2 aliphatic carbocycles. The van der Waals surface area contributed by atoms with Crippen molar-refractivity contribution in [3.63, 3.8) is 0 Å². The van der Waals surface area contributed by atoms with Gasteiger partial charge in [0.1, 0.15) is 0 Å². The lowest BCUT2D eigenvalue weighted by Gasteiger charge is -2.57. The van der Waals surface area contributed by atoms with E-state index < -0.39 is 10.8 Å². The Morgan fingerprint density at radius 2 is 2.17 bits per heavy atom. The average molecular weight is 271 g/mol. The number of rotatable bonds is 4. The Kier molecular flexibility index (Phi) is 3.54. The van der Waals surface area contributed by atoms with E-state index in [1.165, 1.54) is 32.1 Å². The number of hydrogen-bond acceptors (Lipinski definition) is 3. The van der Waals surface area contributed by atoms with Gasteiger partial charge in [-0.05, 0) is 26.2 Å². The Morgan fingerprint density at radius 1 is 1.44 bits per heavy atom. The largest absolute Gasteiger partial charge is 0.377 e. The van der Waals surface area contributed by atoms with E-state index in [-0.39, 0.29) is 5.25 Å². The van der Waals surface area contributed by atoms with Crippen LogP contribution in [0.25, 0.3) is 0 Å². The van der Waals surface area contributed by atoms with Crippen molar-refractivity contribution in [2.75, 3.05) is 19.4 Å². The summed E-state index contributed by atoms with van der Waals surface area (Å²) in [7, 11) is -0.718. The third kappa shape index (κ3) is 1.88. The fraction of sp³-hybridized carbons (Fsp3) is 1.00. The molecule has 3 aliphatic rings. The fourth-order valence-corrected chi connectivity index (χ4v) is 4.75. The lowest BCUT2D eigenvalue weighted by atomic mass is 9.54. The highest BCUT2D eigenvalue weighted by molar-refractivity contribution is 7.84. The van der Waals surface area contributed by atoms with E-state index in [1.54, 1.807) is 6.26 Å². The SMILES string of the molecule is C[C@H](CN[C@@H]1[C@@H]2CCO[C@@H]2C12CCCC2)[S@](C)=O. The second-order valence-electron chi connectivity index (χ2n) is 6.38. The summed E-state index contributed by atoms with van der Waals surface area (Å²) in [6.45, 7) is 3.91. The van der Waals surface area contributed by atoms with Crippen LogP contribution in [-0.2, 0) is 15.5 Å². The van der Waals surface area contributed by atoms with Crippen molar-refractivity contribution in [1.29, 1.82) is 0 Å². The van der Waals surface area contributed by atoms with Crippen LogP contribution in [-0.4, -0.2) is 41.0 Å². The molecule has 0 amide bonds. The van der Waals surface area contributed by atoms with Crippen LogP contribution >= 0.6 is 0 Å². The number of nitrogens with one attached hydrogen (secondary N) is 1. The summed E-state index contributed by atoms with van der Waals surface area (Å²) < 4.78 is 17.4. The summed E-state index contributed by atoms with van der Waals surface area (Å²) in [5, 5.41) is 3.99. The minimum absolute atomic E-state index is 0.254. The highest BCUT2D eigenvalue weighted by Crippen LogP contribution is 2.60. The van der Waals surface area contributed by atoms with Gasteiger partial charge in [0.25, 0.3) is 0 Å². The lowest BCUT2D eigenvalue weighted by molar-refractivity contribution is -0.130. The van der Waals surface area contributed by atoms with Crippen LogP contribution in [0.15, 0.2) is 0 Å². The van der Waals surface area contributed by atoms with E-state index in [0.29, 0.717) is 17.6 Å². The van der Waals surface area contributed by atoms with E-state index >= 15 is 0 Å². The first-order valence-corrected chi connectivity index (χ1v) is 8.94. The van der Waals surface area contributed by atoms with E-state index in [4.69, 9.17) is 4.74 Å². The second-order valence-corrected chi connectivity index (χ2v) is 8.18. The highest BCUT2D eigenvalue weighted by atomic mass is 32.2. The molecular formula is C14H25NO2S. The summed E-state index contributed by atoms with van der Waals surface area (Å²) in [4.78, 5) is 0. The van der Waals surface area contributed by atoms with Crippen LogP contribution in [0.1, 0.15) is 39.0 Å². The fourth-order valence-electron chi connectivity index (χ4n) is 4.42. The molecule has 0 bridgehead atoms. The van der Waals surface area contributed by atoms with Gasteiger partial charge in [0.2, 0.25) is 0 Å². The zero-order chi connectivity index (χ0) is 12.8. The molecule has 0 radical (unpaired) electrons. The number of fused-ring (bicyclic) bond motifs is 2. The van der Waals surface area contributed by atoms with Gasteiger partial charge in [-0.3, -0.25) is 4.21 Å². The predicted molar refractivity (Wildman–Crippen MR) is 74.1 cm³/mol. The number of ether oxygens (including phenoxy) is 1. The van der Waals surface area contributed by atoms with Gasteiger partial charge in [-0.1, -0.05) is 12.8 Å². The highest BCUT2D eigenvalue weighted by Gasteiger charge is 2.64. The van der Waals surface area contributed by atoms with Crippen molar-refractivity contribution in [3.8, 4) is 0 Å². The van der Waals surface area contributed by atoms with Gasteiger partial charge >= 0.3 is 0 Å². The summed E-state index contributed by atoms with van der Waals surface area (Å²) in [6.07, 6.45) is 8.93. The molecule has 3 nitrogen and oxygen atoms in total. The van der Waals surface area contributed by atoms with Gasteiger partial charge in [0.15, 0.2) is 0 Å². The third-order valence-electron chi connectivity index (χ3n) is 5.48. The molecule has 1 heterocycles. The van der Waals surface area contributed by atoms with E-state index in [1.807, 2.05) is 0 Å². The van der Waals surface area contributed by atoms with Crippen LogP contribution in [0.4, 0.5) is 0 Å². The molecule has 4 heteroatoms. The Balaban J connectivity index is 1.65. The van der Waals surface area contributed by atoms with E-state index in [2.05, 4.69) is 12.2 Å². The molecule has 2 saturated carbocycles. The molecule has 0 aromatic heterocycles. The Labute approximate surface area is 113 Å². The lowest BCUT2D eigenvalue weighted by Crippen LogP contribution is -2.68. The topological polar surface area (TPSA) is 38.3 Å². The van der Waals surface area contributed by atoms with Crippen molar-refractivity contribution in [3.05, 3.63) is 0 Å². The van der Waals surface area contributed by atoms with Crippen LogP contribution < -0.4 is 5.32 Å². The predicted octanol–water partition coefficient (Wildman–Crippen LogP) is 1.69. The molecule has 104 valence electrons. The Bertz CT molecular complexity index is 341. The van der Waals surface area contributed by atoms with Gasteiger partial charge in [0, 0.05) is 52.8 Å². The van der Waals surface area contributed by atoms with Crippen molar-refractivity contribution in [2.45, 2.75) is 56.4 Å².